The Morgan fingerprint density at radius 2 is 1.58 bits per heavy atom. The number of aliphatic hydroxyl groups is 2. The molecule has 1 aromatic heterocycles. The Balaban J connectivity index is 0.938. The second-order valence-electron chi connectivity index (χ2n) is 12.9. The highest BCUT2D eigenvalue weighted by atomic mass is 16.5. The zero-order chi connectivity index (χ0) is 37.7. The minimum atomic E-state index is -2.31. The molecule has 274 valence electrons. The molecule has 14 nitrogen and oxygen atoms in total. The number of phenols is 2. The van der Waals surface area contributed by atoms with Crippen LogP contribution in [0.4, 0.5) is 0 Å². The van der Waals surface area contributed by atoms with E-state index >= 15 is 0 Å². The van der Waals surface area contributed by atoms with Crippen molar-refractivity contribution in [2.24, 2.45) is 0 Å². The number of carbonyl (C=O) groups is 3. The van der Waals surface area contributed by atoms with Crippen molar-refractivity contribution in [3.05, 3.63) is 135 Å². The van der Waals surface area contributed by atoms with E-state index in [-0.39, 0.29) is 82.7 Å². The first-order valence-electron chi connectivity index (χ1n) is 16.8. The lowest BCUT2D eigenvalue weighted by atomic mass is 9.86. The molecule has 5 aromatic rings. The summed E-state index contributed by atoms with van der Waals surface area (Å²) in [7, 11) is 0. The molecule has 0 aliphatic heterocycles. The number of carbonyl (C=O) groups excluding carboxylic acids is 2. The molecule has 0 bridgehead atoms. The van der Waals surface area contributed by atoms with Gasteiger partial charge in [0.25, 0.3) is 11.8 Å². The predicted molar refractivity (Wildman–Crippen MR) is 192 cm³/mol. The summed E-state index contributed by atoms with van der Waals surface area (Å²) < 4.78 is 5.59. The van der Waals surface area contributed by atoms with Crippen LogP contribution in [0.25, 0.3) is 10.9 Å². The van der Waals surface area contributed by atoms with Crippen LogP contribution in [0.15, 0.2) is 102 Å². The smallest absolute Gasteiger partial charge is 0.345 e. The fraction of sp³-hybridized carbons (Fsp3) is 0.231. The Hall–Kier alpha value is -6.22. The summed E-state index contributed by atoms with van der Waals surface area (Å²) in [5.41, 5.74) is -0.959. The minimum absolute atomic E-state index is 0.0724. The second-order valence-corrected chi connectivity index (χ2v) is 12.9. The number of pyridine rings is 1. The number of benzene rings is 4. The number of nitrogens with one attached hydrogen (secondary N) is 4. The van der Waals surface area contributed by atoms with Crippen LogP contribution in [-0.2, 0) is 21.7 Å². The van der Waals surface area contributed by atoms with E-state index in [0.717, 1.165) is 0 Å². The zero-order valence-electron chi connectivity index (χ0n) is 28.3. The van der Waals surface area contributed by atoms with E-state index in [1.165, 1.54) is 54.6 Å². The summed E-state index contributed by atoms with van der Waals surface area (Å²) in [5.74, 6) is -2.26. The maximum Gasteiger partial charge on any atom is 0.345 e. The highest BCUT2D eigenvalue weighted by Gasteiger charge is 2.40. The van der Waals surface area contributed by atoms with Crippen LogP contribution in [0.2, 0.25) is 0 Å². The van der Waals surface area contributed by atoms with Crippen LogP contribution in [0.5, 0.6) is 17.2 Å². The van der Waals surface area contributed by atoms with Gasteiger partial charge in [0.05, 0.1) is 11.6 Å². The van der Waals surface area contributed by atoms with E-state index in [1.807, 2.05) is 0 Å². The van der Waals surface area contributed by atoms with Crippen molar-refractivity contribution < 1.29 is 44.7 Å². The van der Waals surface area contributed by atoms with Crippen LogP contribution in [-0.4, -0.2) is 73.5 Å². The van der Waals surface area contributed by atoms with Gasteiger partial charge >= 0.3 is 5.97 Å². The molecule has 1 fully saturated rings. The molecule has 14 heteroatoms. The van der Waals surface area contributed by atoms with Gasteiger partial charge in [-0.2, -0.15) is 0 Å². The molecule has 0 radical (unpaired) electrons. The number of hydrogen-bond donors (Lipinski definition) is 9. The first-order chi connectivity index (χ1) is 25.4. The van der Waals surface area contributed by atoms with Crippen molar-refractivity contribution in [1.82, 2.24) is 20.9 Å². The number of carboxylic acids is 1. The third-order valence-corrected chi connectivity index (χ3v) is 9.23. The van der Waals surface area contributed by atoms with Gasteiger partial charge in [-0.05, 0) is 60.4 Å². The Bertz CT molecular complexity index is 2200. The number of amides is 2. The molecule has 9 N–H and O–H groups in total. The molecule has 0 unspecified atom stereocenters. The standard InChI is InChI=1S/C39H38N4O10/c44-31-13-11-29(30-12-14-34(47)43-36(30)31)33(46)20-40-19-23-10-9-22(15-32(23)45)37(49)42-27-17-26(18-27)41-35(48)21-53-28-8-4-7-25(16-28)39(52,38(50)51)24-5-2-1-3-6-24/h1-16,26-27,33,40,44-46,52H,17-21H2,(H,41,48)(H,42,49)(H,43,47)(H,50,51)/t26-,27-,33-,39-/m0/s1. The van der Waals surface area contributed by atoms with Gasteiger partial charge in [-0.15, -0.1) is 0 Å². The number of carboxylic acid groups (broad SMARTS) is 1. The number of aliphatic carboxylic acids is 1. The van der Waals surface area contributed by atoms with Crippen molar-refractivity contribution in [1.29, 1.82) is 0 Å². The lowest BCUT2D eigenvalue weighted by molar-refractivity contribution is -0.155. The minimum Gasteiger partial charge on any atom is -0.508 e. The number of phenolic OH excluding ortho intramolecular Hbond substituents is 2. The number of hydrogen-bond acceptors (Lipinski definition) is 10. The summed E-state index contributed by atoms with van der Waals surface area (Å²) >= 11 is 0. The quantitative estimate of drug-likeness (QED) is 0.0809. The predicted octanol–water partition coefficient (Wildman–Crippen LogP) is 2.54. The van der Waals surface area contributed by atoms with Crippen LogP contribution in [0, 0.1) is 0 Å². The van der Waals surface area contributed by atoms with Gasteiger partial charge in [-0.25, -0.2) is 4.79 Å². The fourth-order valence-corrected chi connectivity index (χ4v) is 6.30. The SMILES string of the molecule is O=C(COc1cccc([C@](O)(C(=O)O)c2ccccc2)c1)N[C@H]1C[C@H](NC(=O)c2ccc(CNC[C@H](O)c3ccc(O)c4[nH]c(=O)ccc34)c(O)c2)C1. The molecular weight excluding hydrogens is 684 g/mol. The lowest BCUT2D eigenvalue weighted by Gasteiger charge is -2.36. The van der Waals surface area contributed by atoms with Crippen LogP contribution in [0.1, 0.15) is 51.6 Å². The molecular formula is C39H38N4O10. The third kappa shape index (κ3) is 8.15. The summed E-state index contributed by atoms with van der Waals surface area (Å²) in [6, 6.07) is 23.8. The van der Waals surface area contributed by atoms with Crippen LogP contribution in [0.3, 0.4) is 0 Å². The van der Waals surface area contributed by atoms with E-state index in [2.05, 4.69) is 20.9 Å². The molecule has 0 saturated heterocycles. The van der Waals surface area contributed by atoms with Gasteiger partial charge in [0, 0.05) is 53.3 Å². The molecule has 2 atom stereocenters. The van der Waals surface area contributed by atoms with Gasteiger partial charge in [0.15, 0.2) is 6.61 Å². The molecule has 2 amide bonds. The van der Waals surface area contributed by atoms with Crippen molar-refractivity contribution in [2.75, 3.05) is 13.2 Å². The van der Waals surface area contributed by atoms with Gasteiger partial charge in [-0.3, -0.25) is 14.4 Å². The van der Waals surface area contributed by atoms with E-state index in [9.17, 15) is 44.7 Å². The summed E-state index contributed by atoms with van der Waals surface area (Å²) in [6.07, 6.45) is -0.0121. The average molecular weight is 723 g/mol. The Labute approximate surface area is 302 Å². The number of rotatable bonds is 14. The van der Waals surface area contributed by atoms with Crippen molar-refractivity contribution in [2.45, 2.75) is 43.2 Å². The molecule has 53 heavy (non-hydrogen) atoms. The topological polar surface area (TPSA) is 231 Å². The fourth-order valence-electron chi connectivity index (χ4n) is 6.30. The zero-order valence-corrected chi connectivity index (χ0v) is 28.3. The number of ether oxygens (including phenoxy) is 1. The average Bonchev–Trinajstić information content (AvgIpc) is 3.14. The first-order valence-corrected chi connectivity index (χ1v) is 16.8. The number of aromatic amines is 1. The number of aliphatic hydroxyl groups excluding tert-OH is 1. The van der Waals surface area contributed by atoms with Gasteiger partial charge < -0.3 is 51.2 Å². The molecule has 1 saturated carbocycles. The summed E-state index contributed by atoms with van der Waals surface area (Å²) in [6.45, 7) is -0.0523. The largest absolute Gasteiger partial charge is 0.508 e. The Kier molecular flexibility index (Phi) is 10.7. The number of fused-ring (bicyclic) bond motifs is 1. The molecule has 0 spiro atoms. The van der Waals surface area contributed by atoms with Crippen molar-refractivity contribution in [3.8, 4) is 17.2 Å². The molecule has 1 aliphatic rings. The maximum absolute atomic E-state index is 12.9. The van der Waals surface area contributed by atoms with Crippen LogP contribution >= 0.6 is 0 Å². The highest BCUT2D eigenvalue weighted by molar-refractivity contribution is 5.95. The van der Waals surface area contributed by atoms with E-state index in [0.29, 0.717) is 29.4 Å². The van der Waals surface area contributed by atoms with E-state index < -0.39 is 23.6 Å². The third-order valence-electron chi connectivity index (χ3n) is 9.23. The van der Waals surface area contributed by atoms with Gasteiger partial charge in [-0.1, -0.05) is 54.6 Å². The lowest BCUT2D eigenvalue weighted by Crippen LogP contribution is -2.54. The summed E-state index contributed by atoms with van der Waals surface area (Å²) in [4.78, 5) is 51.8. The molecule has 4 aromatic carbocycles. The number of H-pyrrole nitrogens is 1. The maximum atomic E-state index is 12.9. The van der Waals surface area contributed by atoms with Crippen LogP contribution < -0.4 is 26.2 Å². The molecule has 6 rings (SSSR count). The van der Waals surface area contributed by atoms with E-state index in [4.69, 9.17) is 4.74 Å². The Morgan fingerprint density at radius 1 is 0.849 bits per heavy atom. The number of aromatic nitrogens is 1. The highest BCUT2D eigenvalue weighted by Crippen LogP contribution is 2.32. The number of aromatic hydroxyl groups is 2. The molecule has 1 heterocycles. The molecule has 1 aliphatic carbocycles. The van der Waals surface area contributed by atoms with Crippen molar-refractivity contribution in [3.63, 3.8) is 0 Å². The van der Waals surface area contributed by atoms with Gasteiger partial charge in [0.2, 0.25) is 11.2 Å². The first kappa shape index (κ1) is 36.6. The van der Waals surface area contributed by atoms with E-state index in [1.54, 1.807) is 42.5 Å². The normalized spacial score (nSPS) is 16.9. The summed E-state index contributed by atoms with van der Waals surface area (Å²) in [5, 5.41) is 61.7. The van der Waals surface area contributed by atoms with Crippen molar-refractivity contribution >= 4 is 28.7 Å². The monoisotopic (exact) mass is 722 g/mol. The Morgan fingerprint density at radius 3 is 2.32 bits per heavy atom. The second kappa shape index (κ2) is 15.6. The van der Waals surface area contributed by atoms with Gasteiger partial charge in [0.1, 0.15) is 17.2 Å².